The van der Waals surface area contributed by atoms with E-state index in [9.17, 15) is 19.7 Å². The fourth-order valence-electron chi connectivity index (χ4n) is 2.60. The average molecular weight is 337 g/mol. The maximum Gasteiger partial charge on any atom is 0.307 e. The molecule has 1 aromatic rings. The largest absolute Gasteiger partial charge is 0.494 e. The quantitative estimate of drug-likeness (QED) is 0.568. The van der Waals surface area contributed by atoms with Gasteiger partial charge in [0, 0.05) is 6.54 Å². The lowest BCUT2D eigenvalue weighted by molar-refractivity contribution is -0.384. The molecule has 0 saturated carbocycles. The second-order valence-electron chi connectivity index (χ2n) is 5.48. The van der Waals surface area contributed by atoms with E-state index in [0.29, 0.717) is 31.9 Å². The molecule has 2 rings (SSSR count). The van der Waals surface area contributed by atoms with Crippen molar-refractivity contribution in [3.63, 3.8) is 0 Å². The van der Waals surface area contributed by atoms with Crippen molar-refractivity contribution < 1.29 is 24.4 Å². The van der Waals surface area contributed by atoms with Gasteiger partial charge in [0.15, 0.2) is 0 Å². The highest BCUT2D eigenvalue weighted by Gasteiger charge is 2.29. The van der Waals surface area contributed by atoms with Crippen LogP contribution in [-0.2, 0) is 9.59 Å². The number of nitrogens with one attached hydrogen (secondary N) is 1. The lowest BCUT2D eigenvalue weighted by Gasteiger charge is -2.15. The van der Waals surface area contributed by atoms with Gasteiger partial charge in [-0.05, 0) is 32.0 Å². The number of aliphatic carboxylic acids is 1. The van der Waals surface area contributed by atoms with E-state index in [0.717, 1.165) is 0 Å². The number of carboxylic acid groups (broad SMARTS) is 1. The summed E-state index contributed by atoms with van der Waals surface area (Å²) in [6.45, 7) is 2.95. The van der Waals surface area contributed by atoms with Gasteiger partial charge in [-0.2, -0.15) is 0 Å². The Morgan fingerprint density at radius 1 is 1.50 bits per heavy atom. The average Bonchev–Trinajstić information content (AvgIpc) is 2.97. The topological polar surface area (TPSA) is 122 Å². The molecule has 9 nitrogen and oxygen atoms in total. The third-order valence-electron chi connectivity index (χ3n) is 3.74. The van der Waals surface area contributed by atoms with E-state index in [4.69, 9.17) is 9.84 Å². The summed E-state index contributed by atoms with van der Waals surface area (Å²) in [6, 6.07) is 4.23. The number of carbonyl (C=O) groups is 2. The molecule has 1 saturated heterocycles. The summed E-state index contributed by atoms with van der Waals surface area (Å²) < 4.78 is 5.22. The van der Waals surface area contributed by atoms with Gasteiger partial charge < -0.3 is 15.2 Å². The molecule has 1 atom stereocenters. The molecule has 130 valence electrons. The van der Waals surface area contributed by atoms with E-state index in [1.54, 1.807) is 17.9 Å². The number of carbonyl (C=O) groups excluding carboxylic acids is 1. The summed E-state index contributed by atoms with van der Waals surface area (Å²) in [5.41, 5.74) is -0.165. The highest BCUT2D eigenvalue weighted by Crippen LogP contribution is 2.29. The molecule has 0 bridgehead atoms. The summed E-state index contributed by atoms with van der Waals surface area (Å²) in [4.78, 5) is 35.3. The number of hydrogen-bond donors (Lipinski definition) is 2. The van der Waals surface area contributed by atoms with Crippen molar-refractivity contribution in [1.29, 1.82) is 0 Å². The van der Waals surface area contributed by atoms with Crippen LogP contribution < -0.4 is 10.1 Å². The van der Waals surface area contributed by atoms with Crippen LogP contribution in [-0.4, -0.2) is 53.0 Å². The molecule has 1 fully saturated rings. The minimum atomic E-state index is -0.875. The fraction of sp³-hybridized carbons (Fsp3) is 0.467. The summed E-state index contributed by atoms with van der Waals surface area (Å²) in [5, 5.41) is 22.6. The molecular weight excluding hydrogens is 318 g/mol. The Balaban J connectivity index is 2.01. The molecule has 2 N–H and O–H groups in total. The number of anilines is 1. The van der Waals surface area contributed by atoms with Gasteiger partial charge in [0.05, 0.1) is 30.1 Å². The van der Waals surface area contributed by atoms with Gasteiger partial charge in [-0.15, -0.1) is 0 Å². The molecule has 1 aromatic carbocycles. The number of hydrogen-bond acceptors (Lipinski definition) is 6. The Hall–Kier alpha value is -2.68. The molecule has 1 heterocycles. The van der Waals surface area contributed by atoms with Gasteiger partial charge in [-0.3, -0.25) is 24.6 Å². The van der Waals surface area contributed by atoms with E-state index in [-0.39, 0.29) is 17.9 Å². The first-order valence-electron chi connectivity index (χ1n) is 7.57. The van der Waals surface area contributed by atoms with Crippen LogP contribution in [0.15, 0.2) is 18.2 Å². The van der Waals surface area contributed by atoms with Crippen LogP contribution >= 0.6 is 0 Å². The molecule has 1 aliphatic rings. The van der Waals surface area contributed by atoms with Crippen molar-refractivity contribution in [1.82, 2.24) is 4.90 Å². The molecule has 1 unspecified atom stereocenters. The van der Waals surface area contributed by atoms with Crippen molar-refractivity contribution >= 4 is 23.3 Å². The maximum atomic E-state index is 12.1. The first kappa shape index (κ1) is 17.7. The van der Waals surface area contributed by atoms with Crippen LogP contribution in [0.2, 0.25) is 0 Å². The van der Waals surface area contributed by atoms with Gasteiger partial charge in [0.1, 0.15) is 11.4 Å². The van der Waals surface area contributed by atoms with Crippen LogP contribution in [0.25, 0.3) is 0 Å². The molecule has 0 spiro atoms. The number of carboxylic acids is 1. The smallest absolute Gasteiger partial charge is 0.307 e. The zero-order valence-electron chi connectivity index (χ0n) is 13.2. The molecule has 0 radical (unpaired) electrons. The van der Waals surface area contributed by atoms with Crippen LogP contribution in [0.3, 0.4) is 0 Å². The summed E-state index contributed by atoms with van der Waals surface area (Å²) in [7, 11) is 0. The molecule has 24 heavy (non-hydrogen) atoms. The van der Waals surface area contributed by atoms with Gasteiger partial charge in [-0.25, -0.2) is 0 Å². The van der Waals surface area contributed by atoms with Crippen LogP contribution in [0.5, 0.6) is 5.75 Å². The zero-order chi connectivity index (χ0) is 17.7. The third kappa shape index (κ3) is 4.42. The maximum absolute atomic E-state index is 12.1. The van der Waals surface area contributed by atoms with Crippen molar-refractivity contribution in [3.8, 4) is 5.75 Å². The Kier molecular flexibility index (Phi) is 5.69. The number of benzene rings is 1. The molecular formula is C15H19N3O6. The van der Waals surface area contributed by atoms with Crippen molar-refractivity contribution in [2.24, 2.45) is 5.92 Å². The Morgan fingerprint density at radius 3 is 2.83 bits per heavy atom. The molecule has 1 aliphatic heterocycles. The predicted molar refractivity (Wildman–Crippen MR) is 85.1 cm³/mol. The number of ether oxygens (including phenoxy) is 1. The Labute approximate surface area is 138 Å². The number of likely N-dealkylation sites (tertiary alicyclic amines) is 1. The van der Waals surface area contributed by atoms with E-state index in [1.165, 1.54) is 12.1 Å². The monoisotopic (exact) mass is 337 g/mol. The number of rotatable bonds is 7. The van der Waals surface area contributed by atoms with E-state index in [2.05, 4.69) is 5.32 Å². The molecule has 9 heteroatoms. The Bertz CT molecular complexity index is 648. The van der Waals surface area contributed by atoms with Crippen molar-refractivity contribution in [2.75, 3.05) is 31.6 Å². The highest BCUT2D eigenvalue weighted by molar-refractivity contribution is 5.94. The minimum Gasteiger partial charge on any atom is -0.494 e. The van der Waals surface area contributed by atoms with E-state index < -0.39 is 22.7 Å². The Morgan fingerprint density at radius 2 is 2.25 bits per heavy atom. The van der Waals surface area contributed by atoms with Crippen molar-refractivity contribution in [3.05, 3.63) is 28.3 Å². The van der Waals surface area contributed by atoms with Gasteiger partial charge >= 0.3 is 5.97 Å². The second kappa shape index (κ2) is 7.73. The summed E-state index contributed by atoms with van der Waals surface area (Å²) in [6.07, 6.45) is 0.492. The number of amides is 1. The molecule has 0 aromatic heterocycles. The number of nitro benzene ring substituents is 1. The fourth-order valence-corrected chi connectivity index (χ4v) is 2.60. The number of nitrogens with zero attached hydrogens (tertiary/aromatic N) is 2. The van der Waals surface area contributed by atoms with Crippen LogP contribution in [0.1, 0.15) is 13.3 Å². The third-order valence-corrected chi connectivity index (χ3v) is 3.74. The highest BCUT2D eigenvalue weighted by atomic mass is 16.6. The lowest BCUT2D eigenvalue weighted by atomic mass is 10.1. The van der Waals surface area contributed by atoms with E-state index in [1.807, 2.05) is 0 Å². The first-order chi connectivity index (χ1) is 11.4. The predicted octanol–water partition coefficient (Wildman–Crippen LogP) is 1.34. The van der Waals surface area contributed by atoms with Crippen LogP contribution in [0, 0.1) is 16.0 Å². The SMILES string of the molecule is CCOc1ccc(NC(=O)CN2CCC(C(=O)O)C2)c([N+](=O)[O-])c1. The van der Waals surface area contributed by atoms with Crippen molar-refractivity contribution in [2.45, 2.75) is 13.3 Å². The summed E-state index contributed by atoms with van der Waals surface area (Å²) >= 11 is 0. The standard InChI is InChI=1S/C15H19N3O6/c1-2-24-11-3-4-12(13(7-11)18(22)23)16-14(19)9-17-6-5-10(8-17)15(20)21/h3-4,7,10H,2,5-6,8-9H2,1H3,(H,16,19)(H,20,21). The molecule has 1 amide bonds. The second-order valence-corrected chi connectivity index (χ2v) is 5.48. The van der Waals surface area contributed by atoms with Gasteiger partial charge in [0.25, 0.3) is 5.69 Å². The molecule has 0 aliphatic carbocycles. The van der Waals surface area contributed by atoms with Crippen LogP contribution in [0.4, 0.5) is 11.4 Å². The minimum absolute atomic E-state index is 0.00581. The zero-order valence-corrected chi connectivity index (χ0v) is 13.2. The van der Waals surface area contributed by atoms with E-state index >= 15 is 0 Å². The first-order valence-corrected chi connectivity index (χ1v) is 7.57. The van der Waals surface area contributed by atoms with Gasteiger partial charge in [-0.1, -0.05) is 0 Å². The summed E-state index contributed by atoms with van der Waals surface area (Å²) in [5.74, 6) is -1.42. The lowest BCUT2D eigenvalue weighted by Crippen LogP contribution is -2.32. The number of nitro groups is 1. The normalized spacial score (nSPS) is 17.5. The van der Waals surface area contributed by atoms with Gasteiger partial charge in [0.2, 0.25) is 5.91 Å².